The van der Waals surface area contributed by atoms with E-state index < -0.39 is 11.7 Å². The molecular formula is C15H12BrF4N. The Hall–Kier alpha value is -1.40. The maximum absolute atomic E-state index is 13.3. The quantitative estimate of drug-likeness (QED) is 0.765. The van der Waals surface area contributed by atoms with Crippen molar-refractivity contribution in [1.82, 2.24) is 5.32 Å². The molecule has 1 atom stereocenters. The topological polar surface area (TPSA) is 12.0 Å². The zero-order chi connectivity index (χ0) is 15.6. The molecule has 0 aliphatic carbocycles. The van der Waals surface area contributed by atoms with Gasteiger partial charge in [0.15, 0.2) is 0 Å². The number of halogens is 5. The van der Waals surface area contributed by atoms with Crippen LogP contribution in [0.4, 0.5) is 17.6 Å². The van der Waals surface area contributed by atoms with Crippen LogP contribution in [0.25, 0.3) is 0 Å². The summed E-state index contributed by atoms with van der Waals surface area (Å²) in [6, 6.07) is 9.11. The Balaban J connectivity index is 2.35. The van der Waals surface area contributed by atoms with Crippen LogP contribution in [0.1, 0.15) is 22.7 Å². The van der Waals surface area contributed by atoms with E-state index >= 15 is 0 Å². The van der Waals surface area contributed by atoms with Crippen molar-refractivity contribution < 1.29 is 17.6 Å². The second kappa shape index (κ2) is 6.15. The first-order valence-electron chi connectivity index (χ1n) is 6.12. The second-order valence-electron chi connectivity index (χ2n) is 4.52. The average Bonchev–Trinajstić information content (AvgIpc) is 2.43. The van der Waals surface area contributed by atoms with Crippen molar-refractivity contribution in [3.8, 4) is 0 Å². The van der Waals surface area contributed by atoms with Crippen molar-refractivity contribution in [2.24, 2.45) is 0 Å². The van der Waals surface area contributed by atoms with Gasteiger partial charge in [-0.2, -0.15) is 13.2 Å². The van der Waals surface area contributed by atoms with Gasteiger partial charge in [0, 0.05) is 0 Å². The minimum Gasteiger partial charge on any atom is -0.309 e. The van der Waals surface area contributed by atoms with Crippen LogP contribution in [0.3, 0.4) is 0 Å². The molecule has 21 heavy (non-hydrogen) atoms. The van der Waals surface area contributed by atoms with Crippen molar-refractivity contribution in [2.75, 3.05) is 7.05 Å². The summed E-state index contributed by atoms with van der Waals surface area (Å²) < 4.78 is 51.3. The number of hydrogen-bond acceptors (Lipinski definition) is 1. The van der Waals surface area contributed by atoms with Crippen molar-refractivity contribution in [2.45, 2.75) is 12.2 Å². The molecule has 0 amide bonds. The highest BCUT2D eigenvalue weighted by atomic mass is 79.9. The number of hydrogen-bond donors (Lipinski definition) is 1. The van der Waals surface area contributed by atoms with Crippen LogP contribution in [0.15, 0.2) is 46.9 Å². The molecule has 0 radical (unpaired) electrons. The molecular weight excluding hydrogens is 350 g/mol. The predicted molar refractivity (Wildman–Crippen MR) is 76.4 cm³/mol. The van der Waals surface area contributed by atoms with Crippen molar-refractivity contribution >= 4 is 15.9 Å². The molecule has 0 saturated carbocycles. The van der Waals surface area contributed by atoms with Crippen LogP contribution in [-0.2, 0) is 6.18 Å². The molecule has 0 aliphatic heterocycles. The Bertz CT molecular complexity index is 623. The third-order valence-corrected chi connectivity index (χ3v) is 3.74. The summed E-state index contributed by atoms with van der Waals surface area (Å²) in [7, 11) is 1.69. The van der Waals surface area contributed by atoms with Crippen LogP contribution in [0, 0.1) is 5.82 Å². The van der Waals surface area contributed by atoms with Gasteiger partial charge in [0.05, 0.1) is 16.1 Å². The molecule has 0 aromatic heterocycles. The van der Waals surface area contributed by atoms with Gasteiger partial charge in [-0.1, -0.05) is 18.2 Å². The predicted octanol–water partition coefficient (Wildman–Crippen LogP) is 4.92. The zero-order valence-corrected chi connectivity index (χ0v) is 12.6. The molecule has 0 bridgehead atoms. The Kier molecular flexibility index (Phi) is 4.68. The minimum atomic E-state index is -4.35. The molecule has 112 valence electrons. The highest BCUT2D eigenvalue weighted by Crippen LogP contribution is 2.31. The lowest BCUT2D eigenvalue weighted by molar-refractivity contribution is -0.137. The van der Waals surface area contributed by atoms with Gasteiger partial charge in [-0.05, 0) is 58.4 Å². The number of nitrogens with one attached hydrogen (secondary N) is 1. The van der Waals surface area contributed by atoms with E-state index in [-0.39, 0.29) is 11.9 Å². The molecule has 0 spiro atoms. The Morgan fingerprint density at radius 1 is 1.00 bits per heavy atom. The maximum Gasteiger partial charge on any atom is 0.416 e. The van der Waals surface area contributed by atoms with E-state index in [0.29, 0.717) is 10.0 Å². The maximum atomic E-state index is 13.3. The lowest BCUT2D eigenvalue weighted by Crippen LogP contribution is -2.18. The monoisotopic (exact) mass is 361 g/mol. The van der Waals surface area contributed by atoms with Crippen molar-refractivity contribution in [3.05, 3.63) is 69.4 Å². The first-order chi connectivity index (χ1) is 9.82. The molecule has 2 rings (SSSR count). The molecule has 6 heteroatoms. The van der Waals surface area contributed by atoms with E-state index in [0.717, 1.165) is 17.7 Å². The van der Waals surface area contributed by atoms with Gasteiger partial charge < -0.3 is 5.32 Å². The third kappa shape index (κ3) is 3.63. The molecule has 2 aromatic carbocycles. The summed E-state index contributed by atoms with van der Waals surface area (Å²) in [6.45, 7) is 0. The SMILES string of the molecule is CNC(c1ccc(C(F)(F)F)cc1)c1ccc(F)c(Br)c1. The van der Waals surface area contributed by atoms with E-state index in [2.05, 4.69) is 21.2 Å². The molecule has 1 unspecified atom stereocenters. The molecule has 1 nitrogen and oxygen atoms in total. The fourth-order valence-corrected chi connectivity index (χ4v) is 2.48. The second-order valence-corrected chi connectivity index (χ2v) is 5.37. The smallest absolute Gasteiger partial charge is 0.309 e. The van der Waals surface area contributed by atoms with E-state index in [1.54, 1.807) is 19.2 Å². The van der Waals surface area contributed by atoms with E-state index in [4.69, 9.17) is 0 Å². The lowest BCUT2D eigenvalue weighted by Gasteiger charge is -2.18. The summed E-state index contributed by atoms with van der Waals surface area (Å²) in [4.78, 5) is 0. The van der Waals surface area contributed by atoms with E-state index in [1.807, 2.05) is 0 Å². The molecule has 2 aromatic rings. The van der Waals surface area contributed by atoms with Gasteiger partial charge in [-0.15, -0.1) is 0 Å². The Morgan fingerprint density at radius 3 is 2.05 bits per heavy atom. The van der Waals surface area contributed by atoms with Gasteiger partial charge in [0.1, 0.15) is 5.82 Å². The number of rotatable bonds is 3. The summed E-state index contributed by atoms with van der Waals surface area (Å²) in [6.07, 6.45) is -4.35. The van der Waals surface area contributed by atoms with Gasteiger partial charge >= 0.3 is 6.18 Å². The summed E-state index contributed by atoms with van der Waals surface area (Å²) in [5.41, 5.74) is 0.732. The summed E-state index contributed by atoms with van der Waals surface area (Å²) in [5.74, 6) is -0.388. The van der Waals surface area contributed by atoms with Gasteiger partial charge in [-0.25, -0.2) is 4.39 Å². The first kappa shape index (κ1) is 16.0. The third-order valence-electron chi connectivity index (χ3n) is 3.14. The zero-order valence-electron chi connectivity index (χ0n) is 11.0. The normalized spacial score (nSPS) is 13.2. The van der Waals surface area contributed by atoms with Crippen molar-refractivity contribution in [1.29, 1.82) is 0 Å². The Morgan fingerprint density at radius 2 is 1.57 bits per heavy atom. The highest BCUT2D eigenvalue weighted by Gasteiger charge is 2.30. The fourth-order valence-electron chi connectivity index (χ4n) is 2.08. The summed E-state index contributed by atoms with van der Waals surface area (Å²) in [5, 5.41) is 3.01. The Labute approximate surface area is 128 Å². The average molecular weight is 362 g/mol. The van der Waals surface area contributed by atoms with E-state index in [1.165, 1.54) is 18.2 Å². The number of benzene rings is 2. The molecule has 1 N–H and O–H groups in total. The number of alkyl halides is 3. The summed E-state index contributed by atoms with van der Waals surface area (Å²) >= 11 is 3.10. The first-order valence-corrected chi connectivity index (χ1v) is 6.91. The van der Waals surface area contributed by atoms with Crippen LogP contribution in [-0.4, -0.2) is 7.05 Å². The van der Waals surface area contributed by atoms with Crippen molar-refractivity contribution in [3.63, 3.8) is 0 Å². The lowest BCUT2D eigenvalue weighted by atomic mass is 9.98. The largest absolute Gasteiger partial charge is 0.416 e. The molecule has 0 saturated heterocycles. The van der Waals surface area contributed by atoms with Crippen LogP contribution in [0.5, 0.6) is 0 Å². The van der Waals surface area contributed by atoms with Gasteiger partial charge in [-0.3, -0.25) is 0 Å². The highest BCUT2D eigenvalue weighted by molar-refractivity contribution is 9.10. The van der Waals surface area contributed by atoms with E-state index in [9.17, 15) is 17.6 Å². The van der Waals surface area contributed by atoms with Crippen LogP contribution < -0.4 is 5.32 Å². The van der Waals surface area contributed by atoms with Crippen LogP contribution in [0.2, 0.25) is 0 Å². The molecule has 0 fully saturated rings. The van der Waals surface area contributed by atoms with Gasteiger partial charge in [0.2, 0.25) is 0 Å². The molecule has 0 heterocycles. The van der Waals surface area contributed by atoms with Gasteiger partial charge in [0.25, 0.3) is 0 Å². The van der Waals surface area contributed by atoms with Crippen LogP contribution >= 0.6 is 15.9 Å². The fraction of sp³-hybridized carbons (Fsp3) is 0.200. The molecule has 0 aliphatic rings. The standard InChI is InChI=1S/C15H12BrF4N/c1-21-14(10-4-7-13(17)12(16)8-10)9-2-5-11(6-3-9)15(18,19)20/h2-8,14,21H,1H3. The minimum absolute atomic E-state index is 0.312.